The summed E-state index contributed by atoms with van der Waals surface area (Å²) in [5.41, 5.74) is 3.41. The number of H-pyrrole nitrogens is 1. The Balaban J connectivity index is 2.23. The van der Waals surface area contributed by atoms with Crippen LogP contribution in [0.15, 0.2) is 41.0 Å². The molecule has 0 aliphatic rings. The second kappa shape index (κ2) is 3.88. The van der Waals surface area contributed by atoms with Crippen LogP contribution in [0, 0.1) is 13.8 Å². The number of rotatable bonds is 2. The molecule has 0 unspecified atom stereocenters. The number of ketones is 1. The van der Waals surface area contributed by atoms with E-state index < -0.39 is 0 Å². The van der Waals surface area contributed by atoms with Gasteiger partial charge in [-0.05, 0) is 31.5 Å². The lowest BCUT2D eigenvalue weighted by Crippen LogP contribution is -2.02. The van der Waals surface area contributed by atoms with Crippen molar-refractivity contribution in [3.05, 3.63) is 59.2 Å². The van der Waals surface area contributed by atoms with Crippen LogP contribution in [0.2, 0.25) is 0 Å². The minimum absolute atomic E-state index is 0.0625. The zero-order valence-corrected chi connectivity index (χ0v) is 10.3. The largest absolute Gasteiger partial charge is 0.461 e. The number of aromatic nitrogens is 1. The molecule has 3 aromatic rings. The molecule has 0 fully saturated rings. The third-order valence-corrected chi connectivity index (χ3v) is 3.19. The highest BCUT2D eigenvalue weighted by Crippen LogP contribution is 2.25. The summed E-state index contributed by atoms with van der Waals surface area (Å²) in [5.74, 6) is 0.357. The fourth-order valence-electron chi connectivity index (χ4n) is 2.29. The zero-order valence-electron chi connectivity index (χ0n) is 10.3. The van der Waals surface area contributed by atoms with Gasteiger partial charge in [0.25, 0.3) is 0 Å². The third kappa shape index (κ3) is 1.48. The van der Waals surface area contributed by atoms with E-state index in [-0.39, 0.29) is 5.78 Å². The number of carbonyl (C=O) groups is 1. The second-order valence-electron chi connectivity index (χ2n) is 4.43. The summed E-state index contributed by atoms with van der Waals surface area (Å²) in [4.78, 5) is 15.7. The summed E-state index contributed by atoms with van der Waals surface area (Å²) in [6, 6.07) is 9.60. The average molecular weight is 239 g/mol. The molecule has 0 amide bonds. The van der Waals surface area contributed by atoms with Crippen molar-refractivity contribution in [1.29, 1.82) is 0 Å². The highest BCUT2D eigenvalue weighted by Gasteiger charge is 2.21. The van der Waals surface area contributed by atoms with Gasteiger partial charge in [-0.1, -0.05) is 18.2 Å². The van der Waals surface area contributed by atoms with Crippen LogP contribution in [0.5, 0.6) is 0 Å². The van der Waals surface area contributed by atoms with Crippen molar-refractivity contribution in [2.75, 3.05) is 0 Å². The number of nitrogens with one attached hydrogen (secondary N) is 1. The summed E-state index contributed by atoms with van der Waals surface area (Å²) in [6.45, 7) is 3.78. The molecule has 0 atom stereocenters. The second-order valence-corrected chi connectivity index (χ2v) is 4.43. The van der Waals surface area contributed by atoms with Crippen molar-refractivity contribution in [1.82, 2.24) is 4.98 Å². The number of carbonyl (C=O) groups excluding carboxylic acids is 1. The van der Waals surface area contributed by atoms with Crippen LogP contribution >= 0.6 is 0 Å². The molecular weight excluding hydrogens is 226 g/mol. The number of hydrogen-bond acceptors (Lipinski definition) is 2. The molecule has 0 bridgehead atoms. The summed E-state index contributed by atoms with van der Waals surface area (Å²) < 4.78 is 5.29. The van der Waals surface area contributed by atoms with Gasteiger partial charge in [0, 0.05) is 16.6 Å². The van der Waals surface area contributed by atoms with Crippen LogP contribution in [0.1, 0.15) is 27.4 Å². The molecule has 3 rings (SSSR count). The Hall–Kier alpha value is -2.29. The molecule has 90 valence electrons. The highest BCUT2D eigenvalue weighted by molar-refractivity contribution is 6.16. The number of benzene rings is 1. The topological polar surface area (TPSA) is 46.0 Å². The summed E-state index contributed by atoms with van der Waals surface area (Å²) in [6.07, 6.45) is 1.55. The number of aryl methyl sites for hydroxylation is 2. The number of fused-ring (bicyclic) bond motifs is 1. The highest BCUT2D eigenvalue weighted by atomic mass is 16.3. The lowest BCUT2D eigenvalue weighted by molar-refractivity contribution is 0.101. The Bertz CT molecular complexity index is 734. The molecule has 1 aromatic carbocycles. The van der Waals surface area contributed by atoms with Gasteiger partial charge in [0.15, 0.2) is 5.76 Å². The molecule has 1 N–H and O–H groups in total. The number of aromatic amines is 1. The summed E-state index contributed by atoms with van der Waals surface area (Å²) in [7, 11) is 0. The van der Waals surface area contributed by atoms with Gasteiger partial charge < -0.3 is 9.40 Å². The lowest BCUT2D eigenvalue weighted by atomic mass is 10.0. The molecule has 2 aromatic heterocycles. The Morgan fingerprint density at radius 2 is 1.94 bits per heavy atom. The van der Waals surface area contributed by atoms with E-state index in [1.54, 1.807) is 12.3 Å². The van der Waals surface area contributed by atoms with Crippen LogP contribution < -0.4 is 0 Å². The Morgan fingerprint density at radius 3 is 2.67 bits per heavy atom. The quantitative estimate of drug-likeness (QED) is 0.694. The van der Waals surface area contributed by atoms with Crippen LogP contribution in [0.3, 0.4) is 0 Å². The van der Waals surface area contributed by atoms with Gasteiger partial charge in [-0.3, -0.25) is 4.79 Å². The van der Waals surface area contributed by atoms with E-state index in [1.807, 2.05) is 38.1 Å². The predicted molar refractivity (Wildman–Crippen MR) is 69.9 cm³/mol. The normalized spacial score (nSPS) is 11.0. The molecule has 0 aliphatic heterocycles. The molecule has 18 heavy (non-hydrogen) atoms. The fraction of sp³-hybridized carbons (Fsp3) is 0.133. The zero-order chi connectivity index (χ0) is 12.7. The summed E-state index contributed by atoms with van der Waals surface area (Å²) in [5, 5.41) is 0.941. The molecule has 3 heteroatoms. The molecule has 0 radical (unpaired) electrons. The first-order chi connectivity index (χ1) is 8.68. The number of hydrogen-bond donors (Lipinski definition) is 1. The van der Waals surface area contributed by atoms with Crippen molar-refractivity contribution < 1.29 is 9.21 Å². The van der Waals surface area contributed by atoms with E-state index in [9.17, 15) is 4.79 Å². The van der Waals surface area contributed by atoms with E-state index in [2.05, 4.69) is 4.98 Å². The van der Waals surface area contributed by atoms with E-state index >= 15 is 0 Å². The molecule has 0 aliphatic carbocycles. The van der Waals surface area contributed by atoms with Crippen LogP contribution in [0.25, 0.3) is 10.9 Å². The predicted octanol–water partition coefficient (Wildman–Crippen LogP) is 3.61. The monoisotopic (exact) mass is 239 g/mol. The van der Waals surface area contributed by atoms with Crippen LogP contribution in [-0.4, -0.2) is 10.8 Å². The van der Waals surface area contributed by atoms with Crippen molar-refractivity contribution in [3.8, 4) is 0 Å². The van der Waals surface area contributed by atoms with Crippen molar-refractivity contribution in [2.45, 2.75) is 13.8 Å². The van der Waals surface area contributed by atoms with E-state index in [0.29, 0.717) is 11.3 Å². The molecule has 0 spiro atoms. The number of furan rings is 1. The maximum Gasteiger partial charge on any atom is 0.230 e. The lowest BCUT2D eigenvalue weighted by Gasteiger charge is -1.99. The van der Waals surface area contributed by atoms with Crippen molar-refractivity contribution in [2.24, 2.45) is 0 Å². The van der Waals surface area contributed by atoms with Gasteiger partial charge in [-0.25, -0.2) is 0 Å². The third-order valence-electron chi connectivity index (χ3n) is 3.19. The molecular formula is C15H13NO2. The maximum absolute atomic E-state index is 12.5. The van der Waals surface area contributed by atoms with Crippen LogP contribution in [-0.2, 0) is 0 Å². The minimum atomic E-state index is -0.0625. The van der Waals surface area contributed by atoms with E-state index in [4.69, 9.17) is 4.42 Å². The van der Waals surface area contributed by atoms with Gasteiger partial charge >= 0.3 is 0 Å². The maximum atomic E-state index is 12.5. The van der Waals surface area contributed by atoms with Gasteiger partial charge in [0.05, 0.1) is 11.8 Å². The molecule has 3 nitrogen and oxygen atoms in total. The Morgan fingerprint density at radius 1 is 1.17 bits per heavy atom. The van der Waals surface area contributed by atoms with Gasteiger partial charge in [0.1, 0.15) is 0 Å². The van der Waals surface area contributed by atoms with Gasteiger partial charge in [-0.2, -0.15) is 0 Å². The smallest absolute Gasteiger partial charge is 0.230 e. The summed E-state index contributed by atoms with van der Waals surface area (Å²) >= 11 is 0. The van der Waals surface area contributed by atoms with Gasteiger partial charge in [0.2, 0.25) is 5.78 Å². The van der Waals surface area contributed by atoms with E-state index in [0.717, 1.165) is 22.2 Å². The van der Waals surface area contributed by atoms with E-state index in [1.165, 1.54) is 0 Å². The van der Waals surface area contributed by atoms with Crippen molar-refractivity contribution in [3.63, 3.8) is 0 Å². The molecule has 2 heterocycles. The van der Waals surface area contributed by atoms with Gasteiger partial charge in [-0.15, -0.1) is 0 Å². The molecule has 0 saturated heterocycles. The Labute approximate surface area is 104 Å². The molecule has 0 saturated carbocycles. The number of para-hydroxylation sites is 1. The first-order valence-electron chi connectivity index (χ1n) is 5.84. The SMILES string of the molecule is Cc1ccoc1C(=O)c1c(C)[nH]c2ccccc12. The first kappa shape index (κ1) is 10.8. The minimum Gasteiger partial charge on any atom is -0.461 e. The van der Waals surface area contributed by atoms with Crippen molar-refractivity contribution >= 4 is 16.7 Å². The first-order valence-corrected chi connectivity index (χ1v) is 5.84. The fourth-order valence-corrected chi connectivity index (χ4v) is 2.29. The van der Waals surface area contributed by atoms with Crippen LogP contribution in [0.4, 0.5) is 0 Å². The Kier molecular flexibility index (Phi) is 2.33. The standard InChI is InChI=1S/C15H13NO2/c1-9-7-8-18-15(9)14(17)13-10(2)16-12-6-4-3-5-11(12)13/h3-8,16H,1-2H3. The average Bonchev–Trinajstić information content (AvgIpc) is 2.91.